The summed E-state index contributed by atoms with van der Waals surface area (Å²) >= 11 is 12.3. The normalized spacial score (nSPS) is 10.9. The van der Waals surface area contributed by atoms with E-state index < -0.39 is 11.3 Å². The van der Waals surface area contributed by atoms with E-state index in [0.29, 0.717) is 26.6 Å². The van der Waals surface area contributed by atoms with Crippen LogP contribution < -0.4 is 5.56 Å². The molecule has 6 heteroatoms. The molecular formula is C22H14Cl2N2O2. The Hall–Kier alpha value is -2.95. The molecule has 0 atom stereocenters. The molecule has 1 heterocycles. The molecule has 0 unspecified atom stereocenters. The summed E-state index contributed by atoms with van der Waals surface area (Å²) in [5.74, 6) is -0.430. The molecule has 0 spiro atoms. The summed E-state index contributed by atoms with van der Waals surface area (Å²) in [6, 6.07) is 21.3. The Morgan fingerprint density at radius 3 is 2.18 bits per heavy atom. The van der Waals surface area contributed by atoms with Crippen molar-refractivity contribution in [1.82, 2.24) is 9.55 Å². The van der Waals surface area contributed by atoms with Crippen molar-refractivity contribution in [2.75, 3.05) is 0 Å². The van der Waals surface area contributed by atoms with Gasteiger partial charge in [0.05, 0.1) is 27.6 Å². The Kier molecular flexibility index (Phi) is 4.99. The van der Waals surface area contributed by atoms with Crippen molar-refractivity contribution in [3.8, 4) is 0 Å². The zero-order valence-corrected chi connectivity index (χ0v) is 16.1. The van der Waals surface area contributed by atoms with Crippen LogP contribution in [0.25, 0.3) is 11.0 Å². The first-order valence-electron chi connectivity index (χ1n) is 8.58. The zero-order chi connectivity index (χ0) is 19.7. The van der Waals surface area contributed by atoms with Gasteiger partial charge in [0.2, 0.25) is 5.78 Å². The molecule has 0 aliphatic carbocycles. The smallest absolute Gasteiger partial charge is 0.281 e. The lowest BCUT2D eigenvalue weighted by molar-refractivity contribution is 0.103. The molecule has 28 heavy (non-hydrogen) atoms. The van der Waals surface area contributed by atoms with Crippen LogP contribution in [0.15, 0.2) is 77.6 Å². The van der Waals surface area contributed by atoms with Gasteiger partial charge in [-0.2, -0.15) is 0 Å². The van der Waals surface area contributed by atoms with Crippen LogP contribution in [0.1, 0.15) is 21.6 Å². The summed E-state index contributed by atoms with van der Waals surface area (Å²) < 4.78 is 1.51. The highest BCUT2D eigenvalue weighted by molar-refractivity contribution is 6.42. The second kappa shape index (κ2) is 7.58. The summed E-state index contributed by atoms with van der Waals surface area (Å²) in [7, 11) is 0. The summed E-state index contributed by atoms with van der Waals surface area (Å²) in [6.07, 6.45) is 0. The van der Waals surface area contributed by atoms with Crippen LogP contribution in [-0.4, -0.2) is 15.3 Å². The molecule has 0 aliphatic rings. The fourth-order valence-corrected chi connectivity index (χ4v) is 3.35. The fourth-order valence-electron chi connectivity index (χ4n) is 3.03. The highest BCUT2D eigenvalue weighted by atomic mass is 35.5. The number of rotatable bonds is 4. The Bertz CT molecular complexity index is 1240. The molecule has 0 bridgehead atoms. The second-order valence-corrected chi connectivity index (χ2v) is 7.10. The van der Waals surface area contributed by atoms with Gasteiger partial charge in [0.15, 0.2) is 5.69 Å². The number of aromatic nitrogens is 2. The number of fused-ring (bicyclic) bond motifs is 1. The third-order valence-electron chi connectivity index (χ3n) is 4.42. The van der Waals surface area contributed by atoms with Crippen molar-refractivity contribution in [2.24, 2.45) is 0 Å². The maximum Gasteiger partial charge on any atom is 0.281 e. The van der Waals surface area contributed by atoms with Gasteiger partial charge < -0.3 is 4.57 Å². The average molecular weight is 409 g/mol. The summed E-state index contributed by atoms with van der Waals surface area (Å²) in [5, 5.41) is 0.629. The van der Waals surface area contributed by atoms with Crippen molar-refractivity contribution in [2.45, 2.75) is 6.54 Å². The van der Waals surface area contributed by atoms with Crippen LogP contribution in [0.3, 0.4) is 0 Å². The molecule has 0 saturated heterocycles. The van der Waals surface area contributed by atoms with E-state index in [1.54, 1.807) is 42.5 Å². The molecule has 0 fully saturated rings. The lowest BCUT2D eigenvalue weighted by Gasteiger charge is -2.13. The minimum atomic E-state index is -0.469. The van der Waals surface area contributed by atoms with Gasteiger partial charge in [-0.1, -0.05) is 83.9 Å². The van der Waals surface area contributed by atoms with Crippen molar-refractivity contribution in [3.05, 3.63) is 110 Å². The van der Waals surface area contributed by atoms with Crippen molar-refractivity contribution in [1.29, 1.82) is 0 Å². The minimum absolute atomic E-state index is 0.145. The average Bonchev–Trinajstić information content (AvgIpc) is 2.72. The van der Waals surface area contributed by atoms with Gasteiger partial charge >= 0.3 is 0 Å². The summed E-state index contributed by atoms with van der Waals surface area (Å²) in [6.45, 7) is 0.283. The van der Waals surface area contributed by atoms with Crippen LogP contribution in [-0.2, 0) is 6.54 Å². The van der Waals surface area contributed by atoms with Gasteiger partial charge in [-0.05, 0) is 17.7 Å². The largest absolute Gasteiger partial charge is 0.300 e. The Labute approximate surface area is 171 Å². The predicted molar refractivity (Wildman–Crippen MR) is 111 cm³/mol. The maximum absolute atomic E-state index is 13.2. The number of halogens is 2. The zero-order valence-electron chi connectivity index (χ0n) is 14.6. The van der Waals surface area contributed by atoms with E-state index in [1.807, 2.05) is 30.3 Å². The Balaban J connectivity index is 1.97. The van der Waals surface area contributed by atoms with Crippen LogP contribution >= 0.6 is 23.2 Å². The number of hydrogen-bond acceptors (Lipinski definition) is 3. The van der Waals surface area contributed by atoms with E-state index in [0.717, 1.165) is 5.56 Å². The summed E-state index contributed by atoms with van der Waals surface area (Å²) in [4.78, 5) is 30.5. The lowest BCUT2D eigenvalue weighted by atomic mass is 10.1. The molecule has 4 nitrogen and oxygen atoms in total. The van der Waals surface area contributed by atoms with Gasteiger partial charge in [-0.15, -0.1) is 0 Å². The van der Waals surface area contributed by atoms with Crippen molar-refractivity contribution >= 4 is 40.0 Å². The highest BCUT2D eigenvalue weighted by Gasteiger charge is 2.20. The quantitative estimate of drug-likeness (QED) is 0.447. The van der Waals surface area contributed by atoms with Gasteiger partial charge in [-0.25, -0.2) is 4.98 Å². The van der Waals surface area contributed by atoms with Crippen LogP contribution in [0.2, 0.25) is 10.0 Å². The number of ketones is 1. The highest BCUT2D eigenvalue weighted by Crippen LogP contribution is 2.27. The SMILES string of the molecule is O=C(c1ccccc1)c1nc2cc(Cl)c(Cl)cc2n(Cc2ccccc2)c1=O. The number of benzene rings is 3. The van der Waals surface area contributed by atoms with Crippen LogP contribution in [0, 0.1) is 0 Å². The molecule has 4 aromatic rings. The summed E-state index contributed by atoms with van der Waals surface area (Å²) in [5.41, 5.74) is 1.66. The molecular weight excluding hydrogens is 395 g/mol. The first kappa shape index (κ1) is 18.4. The molecule has 0 saturated carbocycles. The van der Waals surface area contributed by atoms with E-state index in [4.69, 9.17) is 23.2 Å². The van der Waals surface area contributed by atoms with Crippen molar-refractivity contribution < 1.29 is 4.79 Å². The Morgan fingerprint density at radius 1 is 0.893 bits per heavy atom. The van der Waals surface area contributed by atoms with E-state index in [1.165, 1.54) is 4.57 Å². The van der Waals surface area contributed by atoms with E-state index in [9.17, 15) is 9.59 Å². The molecule has 0 N–H and O–H groups in total. The van der Waals surface area contributed by atoms with E-state index in [-0.39, 0.29) is 12.2 Å². The van der Waals surface area contributed by atoms with E-state index in [2.05, 4.69) is 4.98 Å². The standard InChI is InChI=1S/C22H14Cl2N2O2/c23-16-11-18-19(12-17(16)24)26(13-14-7-3-1-4-8-14)22(28)20(25-18)21(27)15-9-5-2-6-10-15/h1-12H,13H2. The van der Waals surface area contributed by atoms with Gasteiger partial charge in [0.25, 0.3) is 5.56 Å². The lowest BCUT2D eigenvalue weighted by Crippen LogP contribution is -2.29. The van der Waals surface area contributed by atoms with Gasteiger partial charge in [-0.3, -0.25) is 9.59 Å². The van der Waals surface area contributed by atoms with E-state index >= 15 is 0 Å². The fraction of sp³-hybridized carbons (Fsp3) is 0.0455. The molecule has 0 radical (unpaired) electrons. The maximum atomic E-state index is 13.2. The number of carbonyl (C=O) groups is 1. The molecule has 0 aliphatic heterocycles. The van der Waals surface area contributed by atoms with Gasteiger partial charge in [0.1, 0.15) is 0 Å². The number of hydrogen-bond donors (Lipinski definition) is 0. The predicted octanol–water partition coefficient (Wildman–Crippen LogP) is 4.98. The van der Waals surface area contributed by atoms with Crippen LogP contribution in [0.4, 0.5) is 0 Å². The first-order valence-corrected chi connectivity index (χ1v) is 9.33. The molecule has 0 amide bonds. The molecule has 4 rings (SSSR count). The third-order valence-corrected chi connectivity index (χ3v) is 5.14. The monoisotopic (exact) mass is 408 g/mol. The van der Waals surface area contributed by atoms with Gasteiger partial charge in [0, 0.05) is 5.56 Å². The molecule has 3 aromatic carbocycles. The Morgan fingerprint density at radius 2 is 1.50 bits per heavy atom. The van der Waals surface area contributed by atoms with Crippen molar-refractivity contribution in [3.63, 3.8) is 0 Å². The first-order chi connectivity index (χ1) is 13.5. The minimum Gasteiger partial charge on any atom is -0.300 e. The number of nitrogens with zero attached hydrogens (tertiary/aromatic N) is 2. The number of carbonyl (C=O) groups excluding carboxylic acids is 1. The molecule has 1 aromatic heterocycles. The molecule has 138 valence electrons. The topological polar surface area (TPSA) is 52.0 Å². The van der Waals surface area contributed by atoms with Crippen LogP contribution in [0.5, 0.6) is 0 Å². The second-order valence-electron chi connectivity index (χ2n) is 6.29. The third kappa shape index (κ3) is 3.44.